The molecule has 1 unspecified atom stereocenters. The van der Waals surface area contributed by atoms with E-state index in [0.717, 1.165) is 51.1 Å². The molecule has 9 heteroatoms. The van der Waals surface area contributed by atoms with Crippen molar-refractivity contribution in [2.45, 2.75) is 75.4 Å². The maximum absolute atomic E-state index is 11.9. The van der Waals surface area contributed by atoms with Crippen LogP contribution in [0.2, 0.25) is 0 Å². The summed E-state index contributed by atoms with van der Waals surface area (Å²) >= 11 is 0. The van der Waals surface area contributed by atoms with E-state index in [-0.39, 0.29) is 17.8 Å². The molecule has 1 aromatic rings. The molecule has 0 radical (unpaired) electrons. The Morgan fingerprint density at radius 2 is 2.12 bits per heavy atom. The largest absolute Gasteiger partial charge is 0.370 e. The number of nitrogens with one attached hydrogen (secondary N) is 2. The standard InChI is InChI=1S/C23H33N5O4/c29-21(27-32-22-3-1-2-12-30-22)5-4-17-13-25-20(14-24-17)26-18-8-11-28(15-18)16-23-9-6-19(31-23)7-10-23/h4-5,13-14,18-19,22H,1-3,6-12,15-16H2,(H,25,26)(H,27,29)/b5-4+/t18-,19?,22?,23?/m1/s1. The second-order valence-corrected chi connectivity index (χ2v) is 9.41. The third-order valence-corrected chi connectivity index (χ3v) is 6.90. The number of hydroxylamine groups is 1. The van der Waals surface area contributed by atoms with Crippen LogP contribution in [0.25, 0.3) is 6.08 Å². The fourth-order valence-electron chi connectivity index (χ4n) is 5.23. The highest BCUT2D eigenvalue weighted by molar-refractivity contribution is 5.90. The van der Waals surface area contributed by atoms with E-state index in [2.05, 4.69) is 25.7 Å². The molecule has 2 N–H and O–H groups in total. The van der Waals surface area contributed by atoms with Crippen LogP contribution in [0.4, 0.5) is 5.82 Å². The molecule has 5 rings (SSSR count). The predicted molar refractivity (Wildman–Crippen MR) is 118 cm³/mol. The monoisotopic (exact) mass is 443 g/mol. The molecule has 9 nitrogen and oxygen atoms in total. The molecule has 4 aliphatic rings. The van der Waals surface area contributed by atoms with Gasteiger partial charge in [-0.25, -0.2) is 15.3 Å². The molecule has 0 aromatic carbocycles. The van der Waals surface area contributed by atoms with Crippen molar-refractivity contribution in [2.24, 2.45) is 0 Å². The van der Waals surface area contributed by atoms with E-state index in [4.69, 9.17) is 14.3 Å². The minimum atomic E-state index is -0.363. The summed E-state index contributed by atoms with van der Waals surface area (Å²) in [5, 5.41) is 3.49. The molecule has 0 aliphatic carbocycles. The van der Waals surface area contributed by atoms with Crippen molar-refractivity contribution < 1.29 is 19.1 Å². The number of carbonyl (C=O) groups excluding carboxylic acids is 1. The average Bonchev–Trinajstić information content (AvgIpc) is 3.54. The average molecular weight is 444 g/mol. The van der Waals surface area contributed by atoms with E-state index in [9.17, 15) is 4.79 Å². The summed E-state index contributed by atoms with van der Waals surface area (Å²) in [5.41, 5.74) is 3.13. The lowest BCUT2D eigenvalue weighted by atomic mass is 9.88. The SMILES string of the molecule is O=C(/C=C/c1cnc(N[C@@H]2CCN(CC34CCC(CC3)O4)C2)cn1)NOC1CCCCO1. The third kappa shape index (κ3) is 5.46. The summed E-state index contributed by atoms with van der Waals surface area (Å²) in [5.74, 6) is 0.404. The van der Waals surface area contributed by atoms with Crippen LogP contribution in [0.3, 0.4) is 0 Å². The Bertz CT molecular complexity index is 803. The van der Waals surface area contributed by atoms with E-state index in [0.29, 0.717) is 24.4 Å². The Morgan fingerprint density at radius 1 is 1.22 bits per heavy atom. The van der Waals surface area contributed by atoms with Gasteiger partial charge in [0, 0.05) is 44.8 Å². The summed E-state index contributed by atoms with van der Waals surface area (Å²) in [6.07, 6.45) is 15.4. The Balaban J connectivity index is 1.04. The molecule has 1 aromatic heterocycles. The van der Waals surface area contributed by atoms with Gasteiger partial charge in [0.1, 0.15) is 5.82 Å². The van der Waals surface area contributed by atoms with Crippen molar-refractivity contribution in [1.82, 2.24) is 20.3 Å². The summed E-state index contributed by atoms with van der Waals surface area (Å²) in [7, 11) is 0. The number of rotatable bonds is 8. The lowest BCUT2D eigenvalue weighted by Crippen LogP contribution is -2.41. The number of nitrogens with zero attached hydrogens (tertiary/aromatic N) is 3. The Morgan fingerprint density at radius 3 is 2.84 bits per heavy atom. The summed E-state index contributed by atoms with van der Waals surface area (Å²) in [6.45, 7) is 3.81. The molecule has 174 valence electrons. The van der Waals surface area contributed by atoms with Gasteiger partial charge in [-0.05, 0) is 51.0 Å². The van der Waals surface area contributed by atoms with Crippen molar-refractivity contribution in [3.8, 4) is 0 Å². The van der Waals surface area contributed by atoms with E-state index in [1.807, 2.05) is 0 Å². The van der Waals surface area contributed by atoms with Gasteiger partial charge >= 0.3 is 0 Å². The topological polar surface area (TPSA) is 97.8 Å². The molecule has 2 atom stereocenters. The molecule has 32 heavy (non-hydrogen) atoms. The lowest BCUT2D eigenvalue weighted by Gasteiger charge is -2.30. The highest BCUT2D eigenvalue weighted by Gasteiger charge is 2.47. The fourth-order valence-corrected chi connectivity index (χ4v) is 5.23. The van der Waals surface area contributed by atoms with Crippen LogP contribution in [0.1, 0.15) is 57.1 Å². The molecule has 1 amide bonds. The zero-order chi connectivity index (χ0) is 21.8. The zero-order valence-corrected chi connectivity index (χ0v) is 18.5. The van der Waals surface area contributed by atoms with Crippen LogP contribution in [0.5, 0.6) is 0 Å². The van der Waals surface area contributed by atoms with Crippen molar-refractivity contribution in [1.29, 1.82) is 0 Å². The number of fused-ring (bicyclic) bond motifs is 2. The molecular formula is C23H33N5O4. The number of aromatic nitrogens is 2. The first-order chi connectivity index (χ1) is 15.7. The second-order valence-electron chi connectivity index (χ2n) is 9.41. The van der Waals surface area contributed by atoms with Crippen LogP contribution in [0, 0.1) is 0 Å². The minimum Gasteiger partial charge on any atom is -0.370 e. The first-order valence-electron chi connectivity index (χ1n) is 11.9. The van der Waals surface area contributed by atoms with Crippen LogP contribution in [-0.4, -0.2) is 71.1 Å². The molecule has 0 spiro atoms. The number of carbonyl (C=O) groups is 1. The molecule has 5 heterocycles. The molecular weight excluding hydrogens is 410 g/mol. The van der Waals surface area contributed by atoms with Gasteiger partial charge in [-0.15, -0.1) is 0 Å². The first kappa shape index (κ1) is 21.8. The number of anilines is 1. The fraction of sp³-hybridized carbons (Fsp3) is 0.696. The van der Waals surface area contributed by atoms with Gasteiger partial charge in [0.15, 0.2) is 6.29 Å². The van der Waals surface area contributed by atoms with Crippen molar-refractivity contribution in [3.63, 3.8) is 0 Å². The van der Waals surface area contributed by atoms with Gasteiger partial charge in [-0.1, -0.05) is 0 Å². The van der Waals surface area contributed by atoms with E-state index >= 15 is 0 Å². The van der Waals surface area contributed by atoms with Gasteiger partial charge in [0.2, 0.25) is 0 Å². The first-order valence-corrected chi connectivity index (χ1v) is 11.9. The van der Waals surface area contributed by atoms with E-state index in [1.165, 1.54) is 31.8 Å². The summed E-state index contributed by atoms with van der Waals surface area (Å²) in [6, 6.07) is 0.366. The van der Waals surface area contributed by atoms with Gasteiger partial charge < -0.3 is 14.8 Å². The Hall–Kier alpha value is -2.07. The van der Waals surface area contributed by atoms with Crippen molar-refractivity contribution in [2.75, 3.05) is 31.6 Å². The second kappa shape index (κ2) is 9.82. The Labute approximate surface area is 188 Å². The normalized spacial score (nSPS) is 32.6. The van der Waals surface area contributed by atoms with Gasteiger partial charge in [0.05, 0.1) is 29.8 Å². The van der Waals surface area contributed by atoms with E-state index < -0.39 is 0 Å². The predicted octanol–water partition coefficient (Wildman–Crippen LogP) is 2.26. The molecule has 4 saturated heterocycles. The smallest absolute Gasteiger partial charge is 0.267 e. The van der Waals surface area contributed by atoms with Crippen LogP contribution in [0.15, 0.2) is 18.5 Å². The minimum absolute atomic E-state index is 0.119. The number of ether oxygens (including phenoxy) is 2. The van der Waals surface area contributed by atoms with E-state index in [1.54, 1.807) is 18.5 Å². The Kier molecular flexibility index (Phi) is 6.68. The molecule has 4 fully saturated rings. The van der Waals surface area contributed by atoms with Crippen molar-refractivity contribution >= 4 is 17.8 Å². The summed E-state index contributed by atoms with van der Waals surface area (Å²) in [4.78, 5) is 28.5. The number of likely N-dealkylation sites (tertiary alicyclic amines) is 1. The third-order valence-electron chi connectivity index (χ3n) is 6.90. The highest BCUT2D eigenvalue weighted by atomic mass is 16.8. The zero-order valence-electron chi connectivity index (χ0n) is 18.5. The van der Waals surface area contributed by atoms with Crippen LogP contribution in [-0.2, 0) is 19.1 Å². The lowest BCUT2D eigenvalue weighted by molar-refractivity contribution is -0.198. The van der Waals surface area contributed by atoms with Crippen molar-refractivity contribution in [3.05, 3.63) is 24.2 Å². The number of hydrogen-bond acceptors (Lipinski definition) is 8. The van der Waals surface area contributed by atoms with Crippen LogP contribution < -0.4 is 10.8 Å². The molecule has 2 bridgehead atoms. The quantitative estimate of drug-likeness (QED) is 0.466. The van der Waals surface area contributed by atoms with Gasteiger partial charge in [0.25, 0.3) is 5.91 Å². The van der Waals surface area contributed by atoms with Gasteiger partial charge in [-0.2, -0.15) is 0 Å². The van der Waals surface area contributed by atoms with Gasteiger partial charge in [-0.3, -0.25) is 14.7 Å². The maximum atomic E-state index is 11.9. The number of amides is 1. The van der Waals surface area contributed by atoms with Crippen LogP contribution >= 0.6 is 0 Å². The molecule has 0 saturated carbocycles. The maximum Gasteiger partial charge on any atom is 0.267 e. The highest BCUT2D eigenvalue weighted by Crippen LogP contribution is 2.44. The number of hydrogen-bond donors (Lipinski definition) is 2. The summed E-state index contributed by atoms with van der Waals surface area (Å²) < 4.78 is 11.7. The molecule has 4 aliphatic heterocycles.